The van der Waals surface area contributed by atoms with Crippen LogP contribution in [0.1, 0.15) is 51.9 Å². The van der Waals surface area contributed by atoms with Gasteiger partial charge in [0.05, 0.1) is 27.0 Å². The van der Waals surface area contributed by atoms with Crippen LogP contribution < -0.4 is 9.47 Å². The summed E-state index contributed by atoms with van der Waals surface area (Å²) in [5.74, 6) is 2.19. The molecule has 0 saturated carbocycles. The summed E-state index contributed by atoms with van der Waals surface area (Å²) in [6, 6.07) is 9.41. The summed E-state index contributed by atoms with van der Waals surface area (Å²) in [6.07, 6.45) is 3.46. The number of methoxy groups -OCH3 is 2. The Morgan fingerprint density at radius 3 is 2.33 bits per heavy atom. The second-order valence-electron chi connectivity index (χ2n) is 8.71. The van der Waals surface area contributed by atoms with E-state index in [0.29, 0.717) is 43.2 Å². The predicted molar refractivity (Wildman–Crippen MR) is 128 cm³/mol. The Kier molecular flexibility index (Phi) is 10.3. The van der Waals surface area contributed by atoms with Gasteiger partial charge in [0.25, 0.3) is 0 Å². The van der Waals surface area contributed by atoms with Crippen LogP contribution in [0.3, 0.4) is 0 Å². The standard InChI is InChI=1S/C26H38N2O5/c1-7-20(4)28(25(29)15-19(2)3)18-26(30)27(17-22-9-8-14-33-22)13-12-21-10-11-23(31-5)24(16-21)32-6/h8-11,14,16,19-20H,7,12-13,15,17-18H2,1-6H3. The second kappa shape index (κ2) is 12.9. The minimum absolute atomic E-state index is 0.00323. The number of hydrogen-bond acceptors (Lipinski definition) is 5. The van der Waals surface area contributed by atoms with Crippen LogP contribution in [0.5, 0.6) is 11.5 Å². The molecule has 1 aromatic heterocycles. The topological polar surface area (TPSA) is 72.2 Å². The van der Waals surface area contributed by atoms with Gasteiger partial charge in [-0.1, -0.05) is 26.8 Å². The van der Waals surface area contributed by atoms with Crippen LogP contribution in [0.4, 0.5) is 0 Å². The molecule has 0 spiro atoms. The summed E-state index contributed by atoms with van der Waals surface area (Å²) in [4.78, 5) is 29.7. The van der Waals surface area contributed by atoms with Gasteiger partial charge in [-0.15, -0.1) is 0 Å². The first-order valence-electron chi connectivity index (χ1n) is 11.6. The molecule has 0 aliphatic rings. The second-order valence-corrected chi connectivity index (χ2v) is 8.71. The molecule has 0 aliphatic carbocycles. The number of carbonyl (C=O) groups is 2. The SMILES string of the molecule is CCC(C)N(CC(=O)N(CCc1ccc(OC)c(OC)c1)Cc1ccco1)C(=O)CC(C)C. The maximum atomic E-state index is 13.4. The lowest BCUT2D eigenvalue weighted by Crippen LogP contribution is -2.47. The maximum Gasteiger partial charge on any atom is 0.242 e. The fourth-order valence-corrected chi connectivity index (χ4v) is 3.61. The zero-order chi connectivity index (χ0) is 24.4. The van der Waals surface area contributed by atoms with Gasteiger partial charge in [0.2, 0.25) is 11.8 Å². The van der Waals surface area contributed by atoms with Crippen molar-refractivity contribution in [1.82, 2.24) is 9.80 Å². The molecule has 1 aromatic carbocycles. The van der Waals surface area contributed by atoms with Crippen LogP contribution in [-0.4, -0.2) is 55.0 Å². The molecule has 0 saturated heterocycles. The Balaban J connectivity index is 2.17. The molecule has 0 bridgehead atoms. The van der Waals surface area contributed by atoms with Gasteiger partial charge in [0.1, 0.15) is 12.3 Å². The van der Waals surface area contributed by atoms with E-state index < -0.39 is 0 Å². The zero-order valence-corrected chi connectivity index (χ0v) is 20.8. The first kappa shape index (κ1) is 26.3. The Morgan fingerprint density at radius 2 is 1.76 bits per heavy atom. The molecule has 33 heavy (non-hydrogen) atoms. The normalized spacial score (nSPS) is 11.8. The molecule has 1 unspecified atom stereocenters. The Morgan fingerprint density at radius 1 is 1.03 bits per heavy atom. The van der Waals surface area contributed by atoms with E-state index in [9.17, 15) is 9.59 Å². The van der Waals surface area contributed by atoms with Gasteiger partial charge in [-0.3, -0.25) is 9.59 Å². The van der Waals surface area contributed by atoms with Crippen LogP contribution in [0.15, 0.2) is 41.0 Å². The van der Waals surface area contributed by atoms with Gasteiger partial charge < -0.3 is 23.7 Å². The van der Waals surface area contributed by atoms with Crippen LogP contribution in [0.2, 0.25) is 0 Å². The van der Waals surface area contributed by atoms with Crippen LogP contribution in [0, 0.1) is 5.92 Å². The largest absolute Gasteiger partial charge is 0.493 e. The Labute approximate surface area is 197 Å². The van der Waals surface area contributed by atoms with Crippen LogP contribution >= 0.6 is 0 Å². The lowest BCUT2D eigenvalue weighted by Gasteiger charge is -2.31. The van der Waals surface area contributed by atoms with Crippen molar-refractivity contribution in [2.75, 3.05) is 27.3 Å². The van der Waals surface area contributed by atoms with E-state index >= 15 is 0 Å². The number of carbonyl (C=O) groups excluding carboxylic acids is 2. The molecule has 2 amide bonds. The molecule has 0 radical (unpaired) electrons. The number of benzene rings is 1. The minimum atomic E-state index is -0.0933. The zero-order valence-electron chi connectivity index (χ0n) is 20.8. The van der Waals surface area contributed by atoms with E-state index in [2.05, 4.69) is 0 Å². The molecular formula is C26H38N2O5. The third-order valence-corrected chi connectivity index (χ3v) is 5.73. The number of hydrogen-bond donors (Lipinski definition) is 0. The van der Waals surface area contributed by atoms with Gasteiger partial charge in [0, 0.05) is 19.0 Å². The number of ether oxygens (including phenoxy) is 2. The van der Waals surface area contributed by atoms with Crippen molar-refractivity contribution in [3.8, 4) is 11.5 Å². The van der Waals surface area contributed by atoms with Gasteiger partial charge in [-0.2, -0.15) is 0 Å². The highest BCUT2D eigenvalue weighted by atomic mass is 16.5. The van der Waals surface area contributed by atoms with E-state index in [1.165, 1.54) is 0 Å². The smallest absolute Gasteiger partial charge is 0.242 e. The third-order valence-electron chi connectivity index (χ3n) is 5.73. The minimum Gasteiger partial charge on any atom is -0.493 e. The van der Waals surface area contributed by atoms with Crippen LogP contribution in [-0.2, 0) is 22.6 Å². The average molecular weight is 459 g/mol. The molecule has 2 rings (SSSR count). The highest BCUT2D eigenvalue weighted by Crippen LogP contribution is 2.27. The fourth-order valence-electron chi connectivity index (χ4n) is 3.61. The molecule has 0 fully saturated rings. The van der Waals surface area contributed by atoms with Crippen molar-refractivity contribution in [3.63, 3.8) is 0 Å². The summed E-state index contributed by atoms with van der Waals surface area (Å²) < 4.78 is 16.2. The summed E-state index contributed by atoms with van der Waals surface area (Å²) in [6.45, 7) is 8.96. The molecule has 0 aliphatic heterocycles. The van der Waals surface area contributed by atoms with E-state index in [1.54, 1.807) is 30.3 Å². The number of nitrogens with zero attached hydrogens (tertiary/aromatic N) is 2. The molecular weight excluding hydrogens is 420 g/mol. The lowest BCUT2D eigenvalue weighted by molar-refractivity contribution is -0.143. The third kappa shape index (κ3) is 7.84. The maximum absolute atomic E-state index is 13.4. The lowest BCUT2D eigenvalue weighted by atomic mass is 10.1. The molecule has 7 nitrogen and oxygen atoms in total. The number of amides is 2. The highest BCUT2D eigenvalue weighted by molar-refractivity contribution is 5.85. The monoisotopic (exact) mass is 458 g/mol. The molecule has 0 N–H and O–H groups in total. The van der Waals surface area contributed by atoms with Gasteiger partial charge in [0.15, 0.2) is 11.5 Å². The van der Waals surface area contributed by atoms with E-state index in [-0.39, 0.29) is 30.3 Å². The number of rotatable bonds is 13. The van der Waals surface area contributed by atoms with Crippen molar-refractivity contribution in [2.45, 2.75) is 59.5 Å². The summed E-state index contributed by atoms with van der Waals surface area (Å²) in [5, 5.41) is 0. The number of furan rings is 1. The highest BCUT2D eigenvalue weighted by Gasteiger charge is 2.25. The molecule has 2 aromatic rings. The van der Waals surface area contributed by atoms with Gasteiger partial charge in [-0.05, 0) is 55.5 Å². The van der Waals surface area contributed by atoms with Gasteiger partial charge in [-0.25, -0.2) is 0 Å². The average Bonchev–Trinajstić information content (AvgIpc) is 3.31. The summed E-state index contributed by atoms with van der Waals surface area (Å²) in [5.41, 5.74) is 1.03. The van der Waals surface area contributed by atoms with Crippen molar-refractivity contribution >= 4 is 11.8 Å². The molecule has 182 valence electrons. The Hall–Kier alpha value is -2.96. The van der Waals surface area contributed by atoms with Crippen molar-refractivity contribution < 1.29 is 23.5 Å². The fraction of sp³-hybridized carbons (Fsp3) is 0.538. The van der Waals surface area contributed by atoms with Gasteiger partial charge >= 0.3 is 0 Å². The van der Waals surface area contributed by atoms with Crippen LogP contribution in [0.25, 0.3) is 0 Å². The first-order chi connectivity index (χ1) is 15.8. The molecule has 7 heteroatoms. The van der Waals surface area contributed by atoms with Crippen molar-refractivity contribution in [1.29, 1.82) is 0 Å². The molecule has 1 heterocycles. The van der Waals surface area contributed by atoms with E-state index in [0.717, 1.165) is 12.0 Å². The summed E-state index contributed by atoms with van der Waals surface area (Å²) in [7, 11) is 3.21. The van der Waals surface area contributed by atoms with E-state index in [1.807, 2.05) is 58.0 Å². The predicted octanol–water partition coefficient (Wildman–Crippen LogP) is 4.54. The van der Waals surface area contributed by atoms with Crippen molar-refractivity contribution in [2.24, 2.45) is 5.92 Å². The Bertz CT molecular complexity index is 879. The van der Waals surface area contributed by atoms with Crippen molar-refractivity contribution in [3.05, 3.63) is 47.9 Å². The first-order valence-corrected chi connectivity index (χ1v) is 11.6. The quantitative estimate of drug-likeness (QED) is 0.441. The van der Waals surface area contributed by atoms with E-state index in [4.69, 9.17) is 13.9 Å². The molecule has 1 atom stereocenters. The summed E-state index contributed by atoms with van der Waals surface area (Å²) >= 11 is 0.